The van der Waals surface area contributed by atoms with Crippen LogP contribution in [-0.2, 0) is 12.8 Å². The van der Waals surface area contributed by atoms with Gasteiger partial charge in [0.25, 0.3) is 0 Å². The third-order valence-corrected chi connectivity index (χ3v) is 3.39. The Morgan fingerprint density at radius 1 is 1.21 bits per heavy atom. The van der Waals surface area contributed by atoms with Crippen molar-refractivity contribution in [3.8, 4) is 0 Å². The van der Waals surface area contributed by atoms with Gasteiger partial charge in [-0.25, -0.2) is 4.39 Å². The monoisotopic (exact) mass is 192 g/mol. The highest BCUT2D eigenvalue weighted by Crippen LogP contribution is 2.32. The summed E-state index contributed by atoms with van der Waals surface area (Å²) in [6.45, 7) is 6.35. The molecule has 0 amide bonds. The highest BCUT2D eigenvalue weighted by molar-refractivity contribution is 5.36. The van der Waals surface area contributed by atoms with Gasteiger partial charge in [0.05, 0.1) is 0 Å². The van der Waals surface area contributed by atoms with E-state index in [-0.39, 0.29) is 5.82 Å². The molecule has 0 radical (unpaired) electrons. The van der Waals surface area contributed by atoms with Crippen molar-refractivity contribution in [2.24, 2.45) is 11.8 Å². The molecular formula is C13H17F. The van der Waals surface area contributed by atoms with Crippen LogP contribution >= 0.6 is 0 Å². The Kier molecular flexibility index (Phi) is 2.34. The van der Waals surface area contributed by atoms with Crippen molar-refractivity contribution in [1.82, 2.24) is 0 Å². The Balaban J connectivity index is 2.31. The van der Waals surface area contributed by atoms with E-state index in [2.05, 4.69) is 13.8 Å². The van der Waals surface area contributed by atoms with Gasteiger partial charge in [0.15, 0.2) is 0 Å². The third-order valence-electron chi connectivity index (χ3n) is 3.39. The van der Waals surface area contributed by atoms with Crippen LogP contribution in [0, 0.1) is 24.6 Å². The number of benzene rings is 1. The van der Waals surface area contributed by atoms with Crippen LogP contribution in [0.2, 0.25) is 0 Å². The molecule has 0 saturated carbocycles. The van der Waals surface area contributed by atoms with Gasteiger partial charge in [-0.3, -0.25) is 0 Å². The van der Waals surface area contributed by atoms with Gasteiger partial charge in [0, 0.05) is 0 Å². The number of hydrogen-bond donors (Lipinski definition) is 0. The van der Waals surface area contributed by atoms with E-state index in [1.165, 1.54) is 11.1 Å². The van der Waals surface area contributed by atoms with Crippen LogP contribution in [-0.4, -0.2) is 0 Å². The quantitative estimate of drug-likeness (QED) is 0.638. The first-order chi connectivity index (χ1) is 6.58. The van der Waals surface area contributed by atoms with Gasteiger partial charge in [-0.05, 0) is 54.4 Å². The average molecular weight is 192 g/mol. The highest BCUT2D eigenvalue weighted by atomic mass is 19.1. The minimum atomic E-state index is -0.0480. The first-order valence-corrected chi connectivity index (χ1v) is 5.36. The van der Waals surface area contributed by atoms with E-state index in [1.54, 1.807) is 6.07 Å². The van der Waals surface area contributed by atoms with E-state index in [1.807, 2.05) is 13.0 Å². The molecule has 2 rings (SSSR count). The van der Waals surface area contributed by atoms with Gasteiger partial charge in [0.2, 0.25) is 0 Å². The van der Waals surface area contributed by atoms with Crippen molar-refractivity contribution in [2.75, 3.05) is 0 Å². The van der Waals surface area contributed by atoms with E-state index in [0.717, 1.165) is 18.4 Å². The van der Waals surface area contributed by atoms with Gasteiger partial charge < -0.3 is 0 Å². The number of hydrogen-bond acceptors (Lipinski definition) is 0. The van der Waals surface area contributed by atoms with Crippen LogP contribution in [0.1, 0.15) is 30.5 Å². The van der Waals surface area contributed by atoms with Gasteiger partial charge in [-0.1, -0.05) is 19.9 Å². The molecule has 0 nitrogen and oxygen atoms in total. The Hall–Kier alpha value is -0.850. The summed E-state index contributed by atoms with van der Waals surface area (Å²) in [5.74, 6) is 1.37. The minimum absolute atomic E-state index is 0.0480. The largest absolute Gasteiger partial charge is 0.207 e. The molecule has 1 atom stereocenters. The van der Waals surface area contributed by atoms with Crippen LogP contribution in [0.25, 0.3) is 0 Å². The van der Waals surface area contributed by atoms with E-state index in [4.69, 9.17) is 0 Å². The predicted molar refractivity (Wildman–Crippen MR) is 56.9 cm³/mol. The number of aryl methyl sites for hydroxylation is 1. The molecule has 14 heavy (non-hydrogen) atoms. The molecule has 0 fully saturated rings. The molecule has 0 saturated heterocycles. The Labute approximate surface area is 85.1 Å². The standard InChI is InChI=1S/C13H17F/c1-8(2)10-5-11-4-9(3)13(14)7-12(11)6-10/h4,7-8,10H,5-6H2,1-3H3. The van der Waals surface area contributed by atoms with Crippen LogP contribution in [0.15, 0.2) is 12.1 Å². The maximum Gasteiger partial charge on any atom is 0.126 e. The Morgan fingerprint density at radius 2 is 1.79 bits per heavy atom. The summed E-state index contributed by atoms with van der Waals surface area (Å²) >= 11 is 0. The first kappa shape index (κ1) is 9.70. The maximum atomic E-state index is 13.3. The van der Waals surface area contributed by atoms with Crippen molar-refractivity contribution in [3.63, 3.8) is 0 Å². The summed E-state index contributed by atoms with van der Waals surface area (Å²) in [6, 6.07) is 3.75. The summed E-state index contributed by atoms with van der Waals surface area (Å²) in [5.41, 5.74) is 3.38. The molecule has 1 aliphatic carbocycles. The summed E-state index contributed by atoms with van der Waals surface area (Å²) in [4.78, 5) is 0. The van der Waals surface area contributed by atoms with Crippen molar-refractivity contribution in [2.45, 2.75) is 33.6 Å². The van der Waals surface area contributed by atoms with Gasteiger partial charge >= 0.3 is 0 Å². The molecular weight excluding hydrogens is 175 g/mol. The van der Waals surface area contributed by atoms with E-state index in [0.29, 0.717) is 11.8 Å². The molecule has 0 aliphatic heterocycles. The van der Waals surface area contributed by atoms with E-state index >= 15 is 0 Å². The Bertz CT molecular complexity index is 321. The van der Waals surface area contributed by atoms with Gasteiger partial charge in [0.1, 0.15) is 5.82 Å². The fourth-order valence-corrected chi connectivity index (χ4v) is 2.27. The molecule has 0 bridgehead atoms. The molecule has 1 aromatic rings. The lowest BCUT2D eigenvalue weighted by atomic mass is 9.93. The molecule has 1 unspecified atom stereocenters. The van der Waals surface area contributed by atoms with Crippen molar-refractivity contribution < 1.29 is 4.39 Å². The molecule has 76 valence electrons. The number of rotatable bonds is 1. The van der Waals surface area contributed by atoms with Gasteiger partial charge in [-0.15, -0.1) is 0 Å². The van der Waals surface area contributed by atoms with E-state index in [9.17, 15) is 4.39 Å². The van der Waals surface area contributed by atoms with Crippen molar-refractivity contribution >= 4 is 0 Å². The molecule has 0 heterocycles. The topological polar surface area (TPSA) is 0 Å². The molecule has 1 aliphatic rings. The SMILES string of the molecule is Cc1cc2c(cc1F)CC(C(C)C)C2. The van der Waals surface area contributed by atoms with Crippen molar-refractivity contribution in [1.29, 1.82) is 0 Å². The minimum Gasteiger partial charge on any atom is -0.207 e. The van der Waals surface area contributed by atoms with Crippen LogP contribution in [0.5, 0.6) is 0 Å². The maximum absolute atomic E-state index is 13.3. The average Bonchev–Trinajstić information content (AvgIpc) is 2.48. The lowest BCUT2D eigenvalue weighted by Crippen LogP contribution is -2.07. The summed E-state index contributed by atoms with van der Waals surface area (Å²) in [7, 11) is 0. The highest BCUT2D eigenvalue weighted by Gasteiger charge is 2.24. The van der Waals surface area contributed by atoms with E-state index < -0.39 is 0 Å². The van der Waals surface area contributed by atoms with Gasteiger partial charge in [-0.2, -0.15) is 0 Å². The second-order valence-electron chi connectivity index (χ2n) is 4.78. The zero-order valence-corrected chi connectivity index (χ0v) is 9.10. The van der Waals surface area contributed by atoms with Crippen LogP contribution in [0.4, 0.5) is 4.39 Å². The second-order valence-corrected chi connectivity index (χ2v) is 4.78. The lowest BCUT2D eigenvalue weighted by molar-refractivity contribution is 0.404. The van der Waals surface area contributed by atoms with Crippen molar-refractivity contribution in [3.05, 3.63) is 34.6 Å². The summed E-state index contributed by atoms with van der Waals surface area (Å²) in [6.07, 6.45) is 2.19. The normalized spacial score (nSPS) is 20.2. The third kappa shape index (κ3) is 1.56. The molecule has 0 aromatic heterocycles. The Morgan fingerprint density at radius 3 is 2.36 bits per heavy atom. The molecule has 0 spiro atoms. The molecule has 1 aromatic carbocycles. The lowest BCUT2D eigenvalue weighted by Gasteiger charge is -2.12. The zero-order valence-electron chi connectivity index (χ0n) is 9.10. The predicted octanol–water partition coefficient (Wildman–Crippen LogP) is 3.50. The summed E-state index contributed by atoms with van der Waals surface area (Å²) in [5, 5.41) is 0. The number of halogens is 1. The smallest absolute Gasteiger partial charge is 0.126 e. The molecule has 1 heteroatoms. The summed E-state index contributed by atoms with van der Waals surface area (Å²) < 4.78 is 13.3. The zero-order chi connectivity index (χ0) is 10.3. The van der Waals surface area contributed by atoms with Crippen LogP contribution in [0.3, 0.4) is 0 Å². The fourth-order valence-electron chi connectivity index (χ4n) is 2.27. The first-order valence-electron chi connectivity index (χ1n) is 5.36. The molecule has 0 N–H and O–H groups in total. The fraction of sp³-hybridized carbons (Fsp3) is 0.538. The van der Waals surface area contributed by atoms with Crippen LogP contribution < -0.4 is 0 Å². The number of fused-ring (bicyclic) bond motifs is 1. The second kappa shape index (κ2) is 3.38.